The van der Waals surface area contributed by atoms with E-state index in [1.807, 2.05) is 52.0 Å². The second-order valence-corrected chi connectivity index (χ2v) is 5.98. The molecule has 0 radical (unpaired) electrons. The van der Waals surface area contributed by atoms with Crippen LogP contribution in [-0.2, 0) is 0 Å². The molecule has 3 N–H and O–H groups in total. The lowest BCUT2D eigenvalue weighted by Crippen LogP contribution is -2.40. The number of carbonyl (C=O) groups excluding carboxylic acids is 1. The summed E-state index contributed by atoms with van der Waals surface area (Å²) < 4.78 is 5.17. The summed E-state index contributed by atoms with van der Waals surface area (Å²) >= 11 is 0. The zero-order chi connectivity index (χ0) is 17.7. The summed E-state index contributed by atoms with van der Waals surface area (Å²) in [6.45, 7) is 7.78. The van der Waals surface area contributed by atoms with Crippen LogP contribution in [0.15, 0.2) is 28.8 Å². The normalized spacial score (nSPS) is 13.4. The van der Waals surface area contributed by atoms with Crippen LogP contribution in [-0.4, -0.2) is 22.8 Å². The van der Waals surface area contributed by atoms with Crippen LogP contribution in [0.5, 0.6) is 0 Å². The monoisotopic (exact) mass is 331 g/mol. The SMILES string of the molecule is CCC(NC(=O)NCC(O)c1cccc(C)c1)c1c(C)noc1C. The van der Waals surface area contributed by atoms with Gasteiger partial charge in [0.15, 0.2) is 0 Å². The Morgan fingerprint density at radius 1 is 1.33 bits per heavy atom. The second-order valence-electron chi connectivity index (χ2n) is 5.98. The van der Waals surface area contributed by atoms with Crippen LogP contribution >= 0.6 is 0 Å². The number of carbonyl (C=O) groups is 1. The van der Waals surface area contributed by atoms with Crippen molar-refractivity contribution < 1.29 is 14.4 Å². The van der Waals surface area contributed by atoms with Gasteiger partial charge < -0.3 is 20.3 Å². The zero-order valence-corrected chi connectivity index (χ0v) is 14.6. The molecule has 1 heterocycles. The largest absolute Gasteiger partial charge is 0.387 e. The first-order chi connectivity index (χ1) is 11.4. The molecule has 6 heteroatoms. The highest BCUT2D eigenvalue weighted by Gasteiger charge is 2.21. The number of hydrogen-bond donors (Lipinski definition) is 3. The van der Waals surface area contributed by atoms with Crippen molar-refractivity contribution >= 4 is 6.03 Å². The summed E-state index contributed by atoms with van der Waals surface area (Å²) in [7, 11) is 0. The summed E-state index contributed by atoms with van der Waals surface area (Å²) in [4.78, 5) is 12.1. The quantitative estimate of drug-likeness (QED) is 0.759. The molecule has 0 aliphatic carbocycles. The lowest BCUT2D eigenvalue weighted by Gasteiger charge is -2.19. The van der Waals surface area contributed by atoms with Gasteiger partial charge in [0.2, 0.25) is 0 Å². The van der Waals surface area contributed by atoms with E-state index in [1.165, 1.54) is 0 Å². The fraction of sp³-hybridized carbons (Fsp3) is 0.444. The molecule has 0 aliphatic rings. The summed E-state index contributed by atoms with van der Waals surface area (Å²) in [6.07, 6.45) is -0.0219. The molecule has 2 rings (SSSR count). The van der Waals surface area contributed by atoms with Crippen LogP contribution in [0, 0.1) is 20.8 Å². The zero-order valence-electron chi connectivity index (χ0n) is 14.6. The Balaban J connectivity index is 1.92. The number of aryl methyl sites for hydroxylation is 3. The van der Waals surface area contributed by atoms with Gasteiger partial charge in [0.05, 0.1) is 17.8 Å². The van der Waals surface area contributed by atoms with Crippen LogP contribution in [0.25, 0.3) is 0 Å². The molecule has 2 atom stereocenters. The number of aliphatic hydroxyl groups is 1. The molecule has 1 aromatic carbocycles. The van der Waals surface area contributed by atoms with Crippen molar-refractivity contribution in [3.8, 4) is 0 Å². The average molecular weight is 331 g/mol. The van der Waals surface area contributed by atoms with Crippen molar-refractivity contribution in [1.82, 2.24) is 15.8 Å². The van der Waals surface area contributed by atoms with E-state index >= 15 is 0 Å². The van der Waals surface area contributed by atoms with Gasteiger partial charge >= 0.3 is 6.03 Å². The Kier molecular flexibility index (Phi) is 5.98. The Bertz CT molecular complexity index is 677. The van der Waals surface area contributed by atoms with Gasteiger partial charge in [-0.25, -0.2) is 4.79 Å². The second kappa shape index (κ2) is 7.97. The van der Waals surface area contributed by atoms with Crippen molar-refractivity contribution in [1.29, 1.82) is 0 Å². The first kappa shape index (κ1) is 18.0. The maximum Gasteiger partial charge on any atom is 0.315 e. The van der Waals surface area contributed by atoms with Gasteiger partial charge in [-0.15, -0.1) is 0 Å². The van der Waals surface area contributed by atoms with Gasteiger partial charge in [-0.3, -0.25) is 0 Å². The number of nitrogens with zero attached hydrogens (tertiary/aromatic N) is 1. The lowest BCUT2D eigenvalue weighted by molar-refractivity contribution is 0.172. The highest BCUT2D eigenvalue weighted by Crippen LogP contribution is 2.23. The predicted molar refractivity (Wildman–Crippen MR) is 91.7 cm³/mol. The fourth-order valence-electron chi connectivity index (χ4n) is 2.76. The summed E-state index contributed by atoms with van der Waals surface area (Å²) in [5.41, 5.74) is 3.54. The molecular weight excluding hydrogens is 306 g/mol. The number of nitrogens with one attached hydrogen (secondary N) is 2. The third kappa shape index (κ3) is 4.35. The van der Waals surface area contributed by atoms with Crippen LogP contribution in [0.3, 0.4) is 0 Å². The van der Waals surface area contributed by atoms with E-state index in [4.69, 9.17) is 4.52 Å². The molecule has 130 valence electrons. The number of urea groups is 1. The van der Waals surface area contributed by atoms with Crippen molar-refractivity contribution in [3.05, 3.63) is 52.4 Å². The minimum atomic E-state index is -0.741. The molecule has 0 saturated carbocycles. The van der Waals surface area contributed by atoms with Crippen LogP contribution in [0.2, 0.25) is 0 Å². The smallest absolute Gasteiger partial charge is 0.315 e. The maximum atomic E-state index is 12.1. The number of aliphatic hydroxyl groups excluding tert-OH is 1. The molecule has 6 nitrogen and oxygen atoms in total. The van der Waals surface area contributed by atoms with Gasteiger partial charge in [0.25, 0.3) is 0 Å². The number of hydrogen-bond acceptors (Lipinski definition) is 4. The summed E-state index contributed by atoms with van der Waals surface area (Å²) in [6, 6.07) is 7.10. The minimum absolute atomic E-state index is 0.146. The third-order valence-corrected chi connectivity index (χ3v) is 4.03. The molecule has 2 aromatic rings. The number of aromatic nitrogens is 1. The molecule has 0 spiro atoms. The first-order valence-corrected chi connectivity index (χ1v) is 8.14. The standard InChI is InChI=1S/C18H25N3O3/c1-5-15(17-12(3)21-24-13(17)4)20-18(23)19-10-16(22)14-8-6-7-11(2)9-14/h6-9,15-16,22H,5,10H2,1-4H3,(H2,19,20,23). The Morgan fingerprint density at radius 3 is 2.67 bits per heavy atom. The van der Waals surface area contributed by atoms with Crippen molar-refractivity contribution in [3.63, 3.8) is 0 Å². The minimum Gasteiger partial charge on any atom is -0.387 e. The number of rotatable bonds is 6. The van der Waals surface area contributed by atoms with Crippen molar-refractivity contribution in [2.45, 2.75) is 46.3 Å². The van der Waals surface area contributed by atoms with Gasteiger partial charge in [0, 0.05) is 12.1 Å². The molecule has 0 fully saturated rings. The van der Waals surface area contributed by atoms with Crippen LogP contribution in [0.1, 0.15) is 53.6 Å². The van der Waals surface area contributed by atoms with E-state index < -0.39 is 6.10 Å². The predicted octanol–water partition coefficient (Wildman–Crippen LogP) is 3.08. The molecule has 2 unspecified atom stereocenters. The molecule has 0 saturated heterocycles. The summed E-state index contributed by atoms with van der Waals surface area (Å²) in [5, 5.41) is 19.7. The van der Waals surface area contributed by atoms with Gasteiger partial charge in [-0.1, -0.05) is 41.9 Å². The third-order valence-electron chi connectivity index (χ3n) is 4.03. The van der Waals surface area contributed by atoms with E-state index in [0.29, 0.717) is 5.76 Å². The van der Waals surface area contributed by atoms with Gasteiger partial charge in [0.1, 0.15) is 5.76 Å². The van der Waals surface area contributed by atoms with E-state index in [9.17, 15) is 9.90 Å². The topological polar surface area (TPSA) is 87.4 Å². The van der Waals surface area contributed by atoms with E-state index in [-0.39, 0.29) is 18.6 Å². The van der Waals surface area contributed by atoms with Crippen LogP contribution < -0.4 is 10.6 Å². The van der Waals surface area contributed by atoms with E-state index in [2.05, 4.69) is 15.8 Å². The number of benzene rings is 1. The average Bonchev–Trinajstić information content (AvgIpc) is 2.89. The summed E-state index contributed by atoms with van der Waals surface area (Å²) in [5.74, 6) is 0.708. The molecule has 0 bridgehead atoms. The Hall–Kier alpha value is -2.34. The van der Waals surface area contributed by atoms with Crippen LogP contribution in [0.4, 0.5) is 4.79 Å². The first-order valence-electron chi connectivity index (χ1n) is 8.14. The molecule has 1 aromatic heterocycles. The Morgan fingerprint density at radius 2 is 2.08 bits per heavy atom. The van der Waals surface area contributed by atoms with Crippen molar-refractivity contribution in [2.75, 3.05) is 6.54 Å². The van der Waals surface area contributed by atoms with E-state index in [1.54, 1.807) is 0 Å². The fourth-order valence-corrected chi connectivity index (χ4v) is 2.76. The number of amides is 2. The van der Waals surface area contributed by atoms with Gasteiger partial charge in [-0.2, -0.15) is 0 Å². The molecule has 0 aliphatic heterocycles. The molecule has 24 heavy (non-hydrogen) atoms. The highest BCUT2D eigenvalue weighted by molar-refractivity contribution is 5.74. The van der Waals surface area contributed by atoms with Crippen molar-refractivity contribution in [2.24, 2.45) is 0 Å². The van der Waals surface area contributed by atoms with Gasteiger partial charge in [-0.05, 0) is 32.8 Å². The molecule has 2 amide bonds. The maximum absolute atomic E-state index is 12.1. The molecular formula is C18H25N3O3. The lowest BCUT2D eigenvalue weighted by atomic mass is 10.0. The van der Waals surface area contributed by atoms with E-state index in [0.717, 1.165) is 28.8 Å². The Labute approximate surface area is 142 Å². The highest BCUT2D eigenvalue weighted by atomic mass is 16.5.